The highest BCUT2D eigenvalue weighted by Crippen LogP contribution is 2.14. The van der Waals surface area contributed by atoms with E-state index >= 15 is 0 Å². The van der Waals surface area contributed by atoms with Crippen LogP contribution >= 0.6 is 0 Å². The van der Waals surface area contributed by atoms with Gasteiger partial charge in [-0.3, -0.25) is 4.79 Å². The first-order chi connectivity index (χ1) is 10.3. The normalized spacial score (nSPS) is 17.7. The smallest absolute Gasteiger partial charge is 0.227 e. The molecule has 5 nitrogen and oxygen atoms in total. The SMILES string of the molecule is O=C(Cc1ccccc1)N1CCC(Nc2ncccn2)C1. The Morgan fingerprint density at radius 2 is 1.95 bits per heavy atom. The number of rotatable bonds is 4. The van der Waals surface area contributed by atoms with Crippen LogP contribution < -0.4 is 5.32 Å². The van der Waals surface area contributed by atoms with Gasteiger partial charge in [0.25, 0.3) is 0 Å². The maximum atomic E-state index is 12.3. The summed E-state index contributed by atoms with van der Waals surface area (Å²) < 4.78 is 0. The highest BCUT2D eigenvalue weighted by molar-refractivity contribution is 5.79. The first-order valence-electron chi connectivity index (χ1n) is 7.16. The molecule has 1 unspecified atom stereocenters. The van der Waals surface area contributed by atoms with E-state index in [1.54, 1.807) is 18.5 Å². The van der Waals surface area contributed by atoms with Gasteiger partial charge >= 0.3 is 0 Å². The highest BCUT2D eigenvalue weighted by atomic mass is 16.2. The van der Waals surface area contributed by atoms with Gasteiger partial charge in [-0.1, -0.05) is 30.3 Å². The summed E-state index contributed by atoms with van der Waals surface area (Å²) in [6.07, 6.45) is 4.82. The second-order valence-electron chi connectivity index (χ2n) is 5.20. The average molecular weight is 282 g/mol. The molecule has 0 bridgehead atoms. The molecule has 0 radical (unpaired) electrons. The molecule has 0 aliphatic carbocycles. The van der Waals surface area contributed by atoms with Crippen molar-refractivity contribution >= 4 is 11.9 Å². The number of aromatic nitrogens is 2. The number of nitrogens with zero attached hydrogens (tertiary/aromatic N) is 3. The fourth-order valence-corrected chi connectivity index (χ4v) is 2.54. The maximum Gasteiger partial charge on any atom is 0.227 e. The quantitative estimate of drug-likeness (QED) is 0.928. The molecule has 2 aromatic rings. The van der Waals surface area contributed by atoms with Gasteiger partial charge in [-0.2, -0.15) is 0 Å². The monoisotopic (exact) mass is 282 g/mol. The third kappa shape index (κ3) is 3.56. The van der Waals surface area contributed by atoms with Crippen LogP contribution in [0.5, 0.6) is 0 Å². The Balaban J connectivity index is 1.53. The van der Waals surface area contributed by atoms with Crippen LogP contribution in [0.4, 0.5) is 5.95 Å². The molecule has 0 saturated carbocycles. The van der Waals surface area contributed by atoms with E-state index < -0.39 is 0 Å². The van der Waals surface area contributed by atoms with Crippen molar-refractivity contribution in [2.45, 2.75) is 18.9 Å². The fraction of sp³-hybridized carbons (Fsp3) is 0.312. The van der Waals surface area contributed by atoms with Crippen LogP contribution in [0.25, 0.3) is 0 Å². The van der Waals surface area contributed by atoms with E-state index in [1.165, 1.54) is 0 Å². The first kappa shape index (κ1) is 13.5. The van der Waals surface area contributed by atoms with Gasteiger partial charge in [-0.05, 0) is 18.1 Å². The van der Waals surface area contributed by atoms with E-state index in [0.29, 0.717) is 18.9 Å². The minimum Gasteiger partial charge on any atom is -0.350 e. The summed E-state index contributed by atoms with van der Waals surface area (Å²) in [5.74, 6) is 0.805. The number of nitrogens with one attached hydrogen (secondary N) is 1. The zero-order chi connectivity index (χ0) is 14.5. The van der Waals surface area contributed by atoms with Crippen LogP contribution in [-0.4, -0.2) is 39.9 Å². The molecule has 1 N–H and O–H groups in total. The van der Waals surface area contributed by atoms with E-state index in [0.717, 1.165) is 18.5 Å². The Morgan fingerprint density at radius 1 is 1.19 bits per heavy atom. The number of amides is 1. The van der Waals surface area contributed by atoms with E-state index in [9.17, 15) is 4.79 Å². The van der Waals surface area contributed by atoms with Crippen LogP contribution in [0, 0.1) is 0 Å². The molecule has 2 heterocycles. The summed E-state index contributed by atoms with van der Waals surface area (Å²) in [4.78, 5) is 22.5. The van der Waals surface area contributed by atoms with Crippen molar-refractivity contribution < 1.29 is 4.79 Å². The van der Waals surface area contributed by atoms with Crippen LogP contribution in [-0.2, 0) is 11.2 Å². The van der Waals surface area contributed by atoms with Gasteiger partial charge in [0.15, 0.2) is 0 Å². The Labute approximate surface area is 124 Å². The third-order valence-corrected chi connectivity index (χ3v) is 3.64. The van der Waals surface area contributed by atoms with Gasteiger partial charge < -0.3 is 10.2 Å². The predicted octanol–water partition coefficient (Wildman–Crippen LogP) is 1.73. The van der Waals surface area contributed by atoms with Gasteiger partial charge in [-0.15, -0.1) is 0 Å². The first-order valence-corrected chi connectivity index (χ1v) is 7.16. The van der Waals surface area contributed by atoms with Crippen molar-refractivity contribution in [2.75, 3.05) is 18.4 Å². The van der Waals surface area contributed by atoms with E-state index in [4.69, 9.17) is 0 Å². The predicted molar refractivity (Wildman–Crippen MR) is 80.8 cm³/mol. The maximum absolute atomic E-state index is 12.3. The number of likely N-dealkylation sites (tertiary alicyclic amines) is 1. The summed E-state index contributed by atoms with van der Waals surface area (Å²) in [5, 5.41) is 3.27. The van der Waals surface area contributed by atoms with Crippen LogP contribution in [0.15, 0.2) is 48.8 Å². The largest absolute Gasteiger partial charge is 0.350 e. The lowest BCUT2D eigenvalue weighted by Crippen LogP contribution is -2.32. The summed E-state index contributed by atoms with van der Waals surface area (Å²) in [6, 6.07) is 11.9. The minimum absolute atomic E-state index is 0.180. The van der Waals surface area contributed by atoms with Crippen molar-refractivity contribution in [1.29, 1.82) is 0 Å². The molecule has 108 valence electrons. The molecule has 3 rings (SSSR count). The molecule has 1 aromatic carbocycles. The van der Waals surface area contributed by atoms with Crippen LogP contribution in [0.1, 0.15) is 12.0 Å². The number of hydrogen-bond donors (Lipinski definition) is 1. The van der Waals surface area contributed by atoms with E-state index in [-0.39, 0.29) is 11.9 Å². The summed E-state index contributed by atoms with van der Waals surface area (Å²) >= 11 is 0. The summed E-state index contributed by atoms with van der Waals surface area (Å²) in [7, 11) is 0. The lowest BCUT2D eigenvalue weighted by molar-refractivity contribution is -0.129. The zero-order valence-electron chi connectivity index (χ0n) is 11.8. The number of anilines is 1. The van der Waals surface area contributed by atoms with Gasteiger partial charge in [0.05, 0.1) is 6.42 Å². The molecule has 1 atom stereocenters. The molecule has 21 heavy (non-hydrogen) atoms. The molecule has 5 heteroatoms. The van der Waals surface area contributed by atoms with E-state index in [2.05, 4.69) is 15.3 Å². The average Bonchev–Trinajstić information content (AvgIpc) is 2.98. The van der Waals surface area contributed by atoms with E-state index in [1.807, 2.05) is 35.2 Å². The molecule has 1 aliphatic rings. The lowest BCUT2D eigenvalue weighted by atomic mass is 10.1. The van der Waals surface area contributed by atoms with Crippen molar-refractivity contribution in [1.82, 2.24) is 14.9 Å². The molecule has 1 saturated heterocycles. The number of carbonyl (C=O) groups is 1. The second kappa shape index (κ2) is 6.35. The standard InChI is InChI=1S/C16H18N4O/c21-15(11-13-5-2-1-3-6-13)20-10-7-14(12-20)19-16-17-8-4-9-18-16/h1-6,8-9,14H,7,10-12H2,(H,17,18,19). The van der Waals surface area contributed by atoms with Crippen molar-refractivity contribution in [2.24, 2.45) is 0 Å². The van der Waals surface area contributed by atoms with Crippen LogP contribution in [0.2, 0.25) is 0 Å². The second-order valence-corrected chi connectivity index (χ2v) is 5.20. The van der Waals surface area contributed by atoms with Crippen LogP contribution in [0.3, 0.4) is 0 Å². The van der Waals surface area contributed by atoms with Gasteiger partial charge in [-0.25, -0.2) is 9.97 Å². The summed E-state index contributed by atoms with van der Waals surface area (Å²) in [6.45, 7) is 1.50. The molecular formula is C16H18N4O. The zero-order valence-corrected chi connectivity index (χ0v) is 11.8. The van der Waals surface area contributed by atoms with Gasteiger partial charge in [0, 0.05) is 31.5 Å². The molecule has 0 spiro atoms. The number of benzene rings is 1. The third-order valence-electron chi connectivity index (χ3n) is 3.64. The minimum atomic E-state index is 0.180. The van der Waals surface area contributed by atoms with Crippen molar-refractivity contribution in [3.63, 3.8) is 0 Å². The van der Waals surface area contributed by atoms with Crippen molar-refractivity contribution in [3.05, 3.63) is 54.4 Å². The molecular weight excluding hydrogens is 264 g/mol. The Hall–Kier alpha value is -2.43. The molecule has 1 fully saturated rings. The molecule has 1 amide bonds. The highest BCUT2D eigenvalue weighted by Gasteiger charge is 2.26. The topological polar surface area (TPSA) is 58.1 Å². The fourth-order valence-electron chi connectivity index (χ4n) is 2.54. The molecule has 1 aliphatic heterocycles. The molecule has 1 aromatic heterocycles. The van der Waals surface area contributed by atoms with Gasteiger partial charge in [0.2, 0.25) is 11.9 Å². The number of carbonyl (C=O) groups excluding carboxylic acids is 1. The number of hydrogen-bond acceptors (Lipinski definition) is 4. The Bertz CT molecular complexity index is 588. The lowest BCUT2D eigenvalue weighted by Gasteiger charge is -2.17. The van der Waals surface area contributed by atoms with Gasteiger partial charge in [0.1, 0.15) is 0 Å². The van der Waals surface area contributed by atoms with Crippen molar-refractivity contribution in [3.8, 4) is 0 Å². The summed E-state index contributed by atoms with van der Waals surface area (Å²) in [5.41, 5.74) is 1.06. The Kier molecular flexibility index (Phi) is 4.09. The Morgan fingerprint density at radius 3 is 2.71 bits per heavy atom.